The number of hydrogen-bond donors (Lipinski definition) is 1. The lowest BCUT2D eigenvalue weighted by Crippen LogP contribution is -2.17. The van der Waals surface area contributed by atoms with Gasteiger partial charge < -0.3 is 9.84 Å². The van der Waals surface area contributed by atoms with Gasteiger partial charge in [0.05, 0.1) is 5.56 Å². The van der Waals surface area contributed by atoms with Crippen LogP contribution >= 0.6 is 0 Å². The van der Waals surface area contributed by atoms with Crippen LogP contribution in [0.2, 0.25) is 0 Å². The largest absolute Gasteiger partial charge is 0.573 e. The second-order valence-electron chi connectivity index (χ2n) is 5.05. The number of carbonyl (C=O) groups is 1. The predicted octanol–water partition coefficient (Wildman–Crippen LogP) is 5.37. The number of benzene rings is 2. The Morgan fingerprint density at radius 3 is 2.27 bits per heavy atom. The molecule has 3 nitrogen and oxygen atoms in total. The van der Waals surface area contributed by atoms with Crippen LogP contribution in [0.1, 0.15) is 11.1 Å². The Labute approximate surface area is 143 Å². The Kier molecular flexibility index (Phi) is 5.29. The first-order valence-corrected chi connectivity index (χ1v) is 6.94. The Morgan fingerprint density at radius 1 is 1.00 bits per heavy atom. The highest BCUT2D eigenvalue weighted by molar-refractivity contribution is 5.88. The molecule has 2 aromatic rings. The van der Waals surface area contributed by atoms with Gasteiger partial charge in [0.1, 0.15) is 5.75 Å². The molecule has 0 heterocycles. The Hall–Kier alpha value is -2.97. The molecule has 0 bridgehead atoms. The molecule has 0 radical (unpaired) electrons. The first-order valence-electron chi connectivity index (χ1n) is 6.94. The molecule has 138 valence electrons. The van der Waals surface area contributed by atoms with Crippen molar-refractivity contribution < 1.29 is 41.0 Å². The highest BCUT2D eigenvalue weighted by atomic mass is 19.4. The minimum Gasteiger partial charge on any atom is -0.478 e. The van der Waals surface area contributed by atoms with Gasteiger partial charge in [-0.3, -0.25) is 0 Å². The lowest BCUT2D eigenvalue weighted by atomic mass is 9.96. The maximum absolute atomic E-state index is 12.9. The number of alkyl halides is 6. The van der Waals surface area contributed by atoms with Crippen LogP contribution in [0.5, 0.6) is 5.75 Å². The molecule has 0 atom stereocenters. The Balaban J connectivity index is 2.58. The molecule has 2 rings (SSSR count). The summed E-state index contributed by atoms with van der Waals surface area (Å²) in [6.07, 6.45) is -7.88. The van der Waals surface area contributed by atoms with Crippen LogP contribution in [0.15, 0.2) is 48.5 Å². The molecule has 0 aliphatic rings. The molecule has 0 saturated heterocycles. The molecule has 0 spiro atoms. The molecule has 26 heavy (non-hydrogen) atoms. The molecule has 0 saturated carbocycles. The summed E-state index contributed by atoms with van der Waals surface area (Å²) in [5.74, 6) is -1.94. The summed E-state index contributed by atoms with van der Waals surface area (Å²) < 4.78 is 79.6. The third-order valence-electron chi connectivity index (χ3n) is 3.16. The lowest BCUT2D eigenvalue weighted by molar-refractivity contribution is -0.274. The first kappa shape index (κ1) is 19.4. The molecule has 0 unspecified atom stereocenters. The molecule has 0 amide bonds. The molecule has 0 aliphatic heterocycles. The van der Waals surface area contributed by atoms with E-state index in [1.165, 1.54) is 12.1 Å². The van der Waals surface area contributed by atoms with Crippen LogP contribution in [-0.2, 0) is 11.0 Å². The van der Waals surface area contributed by atoms with E-state index in [4.69, 9.17) is 5.11 Å². The molecular formula is C17H10F6O3. The zero-order chi connectivity index (χ0) is 19.5. The van der Waals surface area contributed by atoms with Crippen molar-refractivity contribution in [3.8, 4) is 16.9 Å². The SMILES string of the molecule is O=C(O)/C=C/c1ccc(C(F)(F)F)cc1-c1cccc(OC(F)(F)F)c1. The molecule has 2 aromatic carbocycles. The fraction of sp³-hybridized carbons (Fsp3) is 0.118. The van der Waals surface area contributed by atoms with Crippen molar-refractivity contribution in [1.82, 2.24) is 0 Å². The van der Waals surface area contributed by atoms with Gasteiger partial charge in [-0.05, 0) is 47.0 Å². The van der Waals surface area contributed by atoms with Crippen LogP contribution < -0.4 is 4.74 Å². The third kappa shape index (κ3) is 5.27. The predicted molar refractivity (Wildman–Crippen MR) is 80.2 cm³/mol. The molecular weight excluding hydrogens is 366 g/mol. The van der Waals surface area contributed by atoms with E-state index in [0.29, 0.717) is 6.08 Å². The summed E-state index contributed by atoms with van der Waals surface area (Å²) in [5, 5.41) is 8.68. The standard InChI is InChI=1S/C17H10F6O3/c18-16(19,20)12-6-4-10(5-7-15(24)25)14(9-12)11-2-1-3-13(8-11)26-17(21,22)23/h1-9H,(H,24,25)/b7-5+. The number of aliphatic carboxylic acids is 1. The van der Waals surface area contributed by atoms with E-state index in [1.807, 2.05) is 0 Å². The van der Waals surface area contributed by atoms with Crippen molar-refractivity contribution in [3.05, 3.63) is 59.7 Å². The number of rotatable bonds is 4. The summed E-state index contributed by atoms with van der Waals surface area (Å²) in [4.78, 5) is 10.6. The third-order valence-corrected chi connectivity index (χ3v) is 3.16. The van der Waals surface area contributed by atoms with Gasteiger partial charge in [0.15, 0.2) is 0 Å². The fourth-order valence-corrected chi connectivity index (χ4v) is 2.15. The van der Waals surface area contributed by atoms with Gasteiger partial charge in [-0.25, -0.2) is 4.79 Å². The van der Waals surface area contributed by atoms with Crippen LogP contribution in [0.25, 0.3) is 17.2 Å². The van der Waals surface area contributed by atoms with Crippen LogP contribution in [0, 0.1) is 0 Å². The lowest BCUT2D eigenvalue weighted by Gasteiger charge is -2.14. The molecule has 0 aliphatic carbocycles. The topological polar surface area (TPSA) is 46.5 Å². The van der Waals surface area contributed by atoms with E-state index in [2.05, 4.69) is 4.74 Å². The average Bonchev–Trinajstić information content (AvgIpc) is 2.50. The minimum absolute atomic E-state index is 0.00267. The Bertz CT molecular complexity index is 837. The Morgan fingerprint density at radius 2 is 1.69 bits per heavy atom. The van der Waals surface area contributed by atoms with Gasteiger partial charge in [-0.15, -0.1) is 13.2 Å². The first-order chi connectivity index (χ1) is 12.0. The summed E-state index contributed by atoms with van der Waals surface area (Å²) in [7, 11) is 0. The average molecular weight is 376 g/mol. The van der Waals surface area contributed by atoms with E-state index in [9.17, 15) is 31.1 Å². The van der Waals surface area contributed by atoms with Crippen molar-refractivity contribution >= 4 is 12.0 Å². The monoisotopic (exact) mass is 376 g/mol. The molecule has 0 aromatic heterocycles. The van der Waals surface area contributed by atoms with Crippen LogP contribution in [0.4, 0.5) is 26.3 Å². The van der Waals surface area contributed by atoms with Gasteiger partial charge in [-0.1, -0.05) is 18.2 Å². The smallest absolute Gasteiger partial charge is 0.478 e. The second-order valence-corrected chi connectivity index (χ2v) is 5.05. The highest BCUT2D eigenvalue weighted by Gasteiger charge is 2.32. The van der Waals surface area contributed by atoms with E-state index in [1.54, 1.807) is 0 Å². The van der Waals surface area contributed by atoms with Crippen molar-refractivity contribution in [1.29, 1.82) is 0 Å². The highest BCUT2D eigenvalue weighted by Crippen LogP contribution is 2.36. The number of carboxylic acid groups (broad SMARTS) is 1. The van der Waals surface area contributed by atoms with Crippen molar-refractivity contribution in [3.63, 3.8) is 0 Å². The normalized spacial score (nSPS) is 12.4. The van der Waals surface area contributed by atoms with Crippen molar-refractivity contribution in [2.75, 3.05) is 0 Å². The van der Waals surface area contributed by atoms with Crippen LogP contribution in [0.3, 0.4) is 0 Å². The molecule has 1 N–H and O–H groups in total. The number of carboxylic acids is 1. The van der Waals surface area contributed by atoms with Gasteiger partial charge in [0.2, 0.25) is 0 Å². The number of halogens is 6. The van der Waals surface area contributed by atoms with Gasteiger partial charge in [0.25, 0.3) is 0 Å². The van der Waals surface area contributed by atoms with E-state index < -0.39 is 29.8 Å². The summed E-state index contributed by atoms with van der Waals surface area (Å²) in [5.41, 5.74) is -1.03. The molecule has 0 fully saturated rings. The maximum atomic E-state index is 12.9. The minimum atomic E-state index is -4.96. The molecule has 9 heteroatoms. The quantitative estimate of drug-likeness (QED) is 0.577. The zero-order valence-corrected chi connectivity index (χ0v) is 12.7. The number of ether oxygens (including phenoxy) is 1. The van der Waals surface area contributed by atoms with E-state index >= 15 is 0 Å². The number of hydrogen-bond acceptors (Lipinski definition) is 2. The summed E-state index contributed by atoms with van der Waals surface area (Å²) >= 11 is 0. The van der Waals surface area contributed by atoms with Gasteiger partial charge in [0, 0.05) is 6.08 Å². The van der Waals surface area contributed by atoms with Crippen LogP contribution in [-0.4, -0.2) is 17.4 Å². The van der Waals surface area contributed by atoms with E-state index in [-0.39, 0.29) is 16.7 Å². The summed E-state index contributed by atoms with van der Waals surface area (Å²) in [6.45, 7) is 0. The second kappa shape index (κ2) is 7.11. The fourth-order valence-electron chi connectivity index (χ4n) is 2.15. The maximum Gasteiger partial charge on any atom is 0.573 e. The van der Waals surface area contributed by atoms with Crippen molar-refractivity contribution in [2.24, 2.45) is 0 Å². The van der Waals surface area contributed by atoms with E-state index in [0.717, 1.165) is 36.4 Å². The summed E-state index contributed by atoms with van der Waals surface area (Å²) in [6, 6.07) is 6.90. The zero-order valence-electron chi connectivity index (χ0n) is 12.7. The van der Waals surface area contributed by atoms with Gasteiger partial charge >= 0.3 is 18.5 Å². The van der Waals surface area contributed by atoms with Gasteiger partial charge in [-0.2, -0.15) is 13.2 Å². The van der Waals surface area contributed by atoms with Crippen molar-refractivity contribution in [2.45, 2.75) is 12.5 Å².